The summed E-state index contributed by atoms with van der Waals surface area (Å²) in [5, 5.41) is 10.7. The Kier molecular flexibility index (Phi) is 74.3. The summed E-state index contributed by atoms with van der Waals surface area (Å²) in [6.45, 7) is 4.57. The van der Waals surface area contributed by atoms with Crippen molar-refractivity contribution in [3.8, 4) is 0 Å². The Hall–Kier alpha value is -5.06. The first-order valence-electron chi connectivity index (χ1n) is 41.1. The number of carbonyl (C=O) groups is 4. The second kappa shape index (κ2) is 78.1. The Balaban J connectivity index is 5.49. The lowest BCUT2D eigenvalue weighted by Crippen LogP contribution is -2.30. The maximum absolute atomic E-state index is 13.1. The van der Waals surface area contributed by atoms with E-state index in [1.165, 1.54) is 83.5 Å². The Bertz CT molecular complexity index is 2580. The van der Waals surface area contributed by atoms with Crippen LogP contribution in [0, 0.1) is 0 Å². The Morgan fingerprint density at radius 2 is 0.519 bits per heavy atom. The molecule has 0 spiro atoms. The van der Waals surface area contributed by atoms with Crippen LogP contribution >= 0.6 is 15.6 Å². The summed E-state index contributed by atoms with van der Waals surface area (Å²) in [5.74, 6) is -2.35. The van der Waals surface area contributed by atoms with E-state index in [1.54, 1.807) is 0 Å². The van der Waals surface area contributed by atoms with Gasteiger partial charge in [-0.25, -0.2) is 9.13 Å². The molecule has 0 bridgehead atoms. The van der Waals surface area contributed by atoms with Gasteiger partial charge in [-0.2, -0.15) is 0 Å². The summed E-state index contributed by atoms with van der Waals surface area (Å²) < 4.78 is 68.5. The number of allylic oxidation sites excluding steroid dienone is 24. The minimum atomic E-state index is -5.01. The summed E-state index contributed by atoms with van der Waals surface area (Å²) in [6.07, 6.45) is 89.8. The number of phosphoric ester groups is 2. The van der Waals surface area contributed by atoms with Gasteiger partial charge in [0.15, 0.2) is 12.2 Å². The van der Waals surface area contributed by atoms with Gasteiger partial charge in [-0.1, -0.05) is 289 Å². The summed E-state index contributed by atoms with van der Waals surface area (Å²) in [5.41, 5.74) is 0. The minimum Gasteiger partial charge on any atom is -0.462 e. The zero-order valence-corrected chi connectivity index (χ0v) is 68.1. The first kappa shape index (κ1) is 101. The zero-order chi connectivity index (χ0) is 77.4. The third kappa shape index (κ3) is 77.1. The van der Waals surface area contributed by atoms with Crippen molar-refractivity contribution in [2.24, 2.45) is 0 Å². The van der Waals surface area contributed by atoms with Gasteiger partial charge in [-0.15, -0.1) is 0 Å². The lowest BCUT2D eigenvalue weighted by molar-refractivity contribution is -0.161. The second-order valence-electron chi connectivity index (χ2n) is 27.0. The molecule has 0 aromatic rings. The van der Waals surface area contributed by atoms with E-state index < -0.39 is 97.5 Å². The van der Waals surface area contributed by atoms with Crippen LogP contribution in [0.25, 0.3) is 0 Å². The van der Waals surface area contributed by atoms with Gasteiger partial charge in [0.2, 0.25) is 0 Å². The molecule has 0 saturated heterocycles. The molecule has 106 heavy (non-hydrogen) atoms. The van der Waals surface area contributed by atoms with Crippen molar-refractivity contribution < 1.29 is 80.2 Å². The maximum atomic E-state index is 13.1. The fourth-order valence-corrected chi connectivity index (χ4v) is 12.1. The molecule has 0 aliphatic rings. The van der Waals surface area contributed by atoms with Crippen LogP contribution in [-0.4, -0.2) is 96.7 Å². The van der Waals surface area contributed by atoms with E-state index in [-0.39, 0.29) is 25.7 Å². The third-order valence-electron chi connectivity index (χ3n) is 16.8. The highest BCUT2D eigenvalue weighted by Crippen LogP contribution is 2.45. The van der Waals surface area contributed by atoms with E-state index in [0.717, 1.165) is 148 Å². The number of phosphoric acid groups is 2. The van der Waals surface area contributed by atoms with E-state index in [1.807, 2.05) is 30.4 Å². The van der Waals surface area contributed by atoms with Crippen LogP contribution in [0.5, 0.6) is 0 Å². The number of aliphatic hydroxyl groups is 1. The van der Waals surface area contributed by atoms with Crippen molar-refractivity contribution in [3.05, 3.63) is 146 Å². The van der Waals surface area contributed by atoms with Crippen molar-refractivity contribution >= 4 is 39.5 Å². The number of ether oxygens (including phenoxy) is 4. The molecule has 17 nitrogen and oxygen atoms in total. The molecule has 3 N–H and O–H groups in total. The zero-order valence-electron chi connectivity index (χ0n) is 66.3. The number of hydrogen-bond donors (Lipinski definition) is 3. The molecular formula is C87H146O17P2. The van der Waals surface area contributed by atoms with Crippen LogP contribution in [0.3, 0.4) is 0 Å². The van der Waals surface area contributed by atoms with Crippen LogP contribution in [0.4, 0.5) is 0 Å². The lowest BCUT2D eigenvalue weighted by atomic mass is 10.1. The van der Waals surface area contributed by atoms with Gasteiger partial charge < -0.3 is 33.8 Å². The summed E-state index contributed by atoms with van der Waals surface area (Å²) in [7, 11) is -10.0. The van der Waals surface area contributed by atoms with Gasteiger partial charge in [0.25, 0.3) is 0 Å². The van der Waals surface area contributed by atoms with Gasteiger partial charge in [0.1, 0.15) is 19.3 Å². The van der Waals surface area contributed by atoms with Gasteiger partial charge in [0.05, 0.1) is 26.4 Å². The molecule has 606 valence electrons. The molecule has 0 radical (unpaired) electrons. The third-order valence-corrected chi connectivity index (χ3v) is 18.7. The average molecular weight is 1530 g/mol. The van der Waals surface area contributed by atoms with Gasteiger partial charge in [0, 0.05) is 25.7 Å². The molecule has 0 amide bonds. The van der Waals surface area contributed by atoms with Gasteiger partial charge in [-0.3, -0.25) is 37.3 Å². The van der Waals surface area contributed by atoms with Crippen LogP contribution in [0.2, 0.25) is 0 Å². The molecule has 0 rings (SSSR count). The number of esters is 4. The van der Waals surface area contributed by atoms with Crippen LogP contribution in [0.1, 0.15) is 323 Å². The monoisotopic (exact) mass is 1530 g/mol. The number of aliphatic hydroxyl groups excluding tert-OH is 1. The van der Waals surface area contributed by atoms with E-state index in [9.17, 15) is 43.2 Å². The normalized spacial score (nSPS) is 14.6. The van der Waals surface area contributed by atoms with E-state index in [2.05, 4.69) is 143 Å². The fraction of sp³-hybridized carbons (Fsp3) is 0.678. The smallest absolute Gasteiger partial charge is 0.462 e. The van der Waals surface area contributed by atoms with Crippen molar-refractivity contribution in [1.82, 2.24) is 0 Å². The van der Waals surface area contributed by atoms with Crippen molar-refractivity contribution in [2.75, 3.05) is 39.6 Å². The highest BCUT2D eigenvalue weighted by atomic mass is 31.2. The largest absolute Gasteiger partial charge is 0.472 e. The molecule has 0 aliphatic heterocycles. The number of hydrogen-bond acceptors (Lipinski definition) is 15. The standard InChI is InChI=1S/C87H146O17P2/c1-5-9-13-17-21-25-29-33-37-39-40-42-45-48-52-56-60-64-68-72-85(90)98-78-83(104-87(92)74-70-66-62-58-54-50-46-41-38-34-30-26-22-18-14-10-6-2)80-102-106(95,96)100-76-81(88)75-99-105(93,94)101-79-82(103-86(91)73-69-65-61-57-53-49-44-36-32-28-24-20-16-12-8-4)77-97-84(89)71-67-63-59-55-51-47-43-35-31-27-23-19-15-11-7-3/h9,13,21-22,25-28,31-34,37-38,40,42,46,48,50,52,58,60,62,64,81-83,88H,5-8,10-12,14-20,23-24,29-30,35-36,39,41,43-45,47,49,51,53-57,59,61,63,65-80H2,1-4H3,(H,93,94)(H,95,96)/b13-9-,25-21-,26-22-,31-27-,32-28-,37-33-,38-34-,42-40-,50-46-,52-48-,62-58-,64-60-/t81-,82+,83+/m0/s1. The van der Waals surface area contributed by atoms with E-state index >= 15 is 0 Å². The predicted octanol–water partition coefficient (Wildman–Crippen LogP) is 24.2. The quantitative estimate of drug-likeness (QED) is 0.0169. The lowest BCUT2D eigenvalue weighted by Gasteiger charge is -2.21. The van der Waals surface area contributed by atoms with E-state index in [4.69, 9.17) is 37.0 Å². The molecule has 0 aromatic heterocycles. The summed E-state index contributed by atoms with van der Waals surface area (Å²) in [4.78, 5) is 73.1. The second-order valence-corrected chi connectivity index (χ2v) is 29.9. The highest BCUT2D eigenvalue weighted by molar-refractivity contribution is 7.47. The Morgan fingerprint density at radius 1 is 0.274 bits per heavy atom. The number of carbonyl (C=O) groups excluding carboxylic acids is 4. The highest BCUT2D eigenvalue weighted by Gasteiger charge is 2.30. The van der Waals surface area contributed by atoms with Gasteiger partial charge in [-0.05, 0) is 154 Å². The molecule has 2 unspecified atom stereocenters. The number of rotatable bonds is 76. The summed E-state index contributed by atoms with van der Waals surface area (Å²) >= 11 is 0. The van der Waals surface area contributed by atoms with Gasteiger partial charge >= 0.3 is 39.5 Å². The Labute approximate surface area is 643 Å². The number of unbranched alkanes of at least 4 members (excludes halogenated alkanes) is 26. The van der Waals surface area contributed by atoms with Crippen LogP contribution < -0.4 is 0 Å². The van der Waals surface area contributed by atoms with Crippen molar-refractivity contribution in [1.29, 1.82) is 0 Å². The minimum absolute atomic E-state index is 0.000878. The average Bonchev–Trinajstić information content (AvgIpc) is 0.902. The molecule has 19 heteroatoms. The van der Waals surface area contributed by atoms with E-state index in [0.29, 0.717) is 38.5 Å². The van der Waals surface area contributed by atoms with Crippen LogP contribution in [-0.2, 0) is 65.4 Å². The predicted molar refractivity (Wildman–Crippen MR) is 436 cm³/mol. The molecule has 5 atom stereocenters. The first-order chi connectivity index (χ1) is 51.7. The molecule has 0 saturated carbocycles. The molecular weight excluding hydrogens is 1380 g/mol. The molecule has 0 aliphatic carbocycles. The van der Waals surface area contributed by atoms with Crippen LogP contribution in [0.15, 0.2) is 146 Å². The fourth-order valence-electron chi connectivity index (χ4n) is 10.5. The molecule has 0 fully saturated rings. The van der Waals surface area contributed by atoms with Crippen molar-refractivity contribution in [2.45, 2.75) is 341 Å². The Morgan fingerprint density at radius 3 is 0.877 bits per heavy atom. The first-order valence-corrected chi connectivity index (χ1v) is 44.1. The SMILES string of the molecule is CC/C=C\C/C=C\C/C=C\C/C=C\C/C=C\C/C=C\CCC(=O)OC[C@H](COP(=O)(O)OC[C@@H](O)COP(=O)(O)OC[C@@H](COC(=O)CCCCCCCCC/C=C\CCCCCC)OC(=O)CCCCCCCCC/C=C\CCCCCC)OC(=O)CCC/C=C\C/C=C\C/C=C\C/C=C\CCCCC. The van der Waals surface area contributed by atoms with Crippen molar-refractivity contribution in [3.63, 3.8) is 0 Å². The molecule has 0 heterocycles. The summed E-state index contributed by atoms with van der Waals surface area (Å²) in [6, 6.07) is 0. The molecule has 0 aromatic carbocycles. The maximum Gasteiger partial charge on any atom is 0.472 e. The topological polar surface area (TPSA) is 237 Å².